The van der Waals surface area contributed by atoms with Crippen molar-refractivity contribution in [3.63, 3.8) is 0 Å². The molecule has 2 rings (SSSR count). The van der Waals surface area contributed by atoms with E-state index in [9.17, 15) is 9.18 Å². The summed E-state index contributed by atoms with van der Waals surface area (Å²) in [6.07, 6.45) is 0.234. The first kappa shape index (κ1) is 24.0. The maximum atomic E-state index is 13.1. The molecule has 2 atom stereocenters. The van der Waals surface area contributed by atoms with Gasteiger partial charge in [0.2, 0.25) is 5.91 Å². The molecule has 2 aromatic rings. The lowest BCUT2D eigenvalue weighted by Gasteiger charge is -2.19. The Morgan fingerprint density at radius 1 is 1.13 bits per heavy atom. The number of methoxy groups -OCH3 is 1. The van der Waals surface area contributed by atoms with Gasteiger partial charge >= 0.3 is 0 Å². The standard InChI is InChI=1S/C23H31FN4O3/c1-4-26-23(27-14-16(2)31-21-8-6-5-7-20(21)30-3)28-15-18(22(25)29)13-17-9-11-19(24)12-10-17/h5-12,16,18H,4,13-15H2,1-3H3,(H2,25,29)(H2,26,27,28). The van der Waals surface area contributed by atoms with Gasteiger partial charge in [0.15, 0.2) is 17.5 Å². The third kappa shape index (κ3) is 8.16. The van der Waals surface area contributed by atoms with E-state index in [4.69, 9.17) is 15.2 Å². The molecule has 0 aliphatic rings. The molecule has 0 heterocycles. The van der Waals surface area contributed by atoms with Crippen molar-refractivity contribution < 1.29 is 18.7 Å². The molecule has 0 bridgehead atoms. The van der Waals surface area contributed by atoms with Crippen molar-refractivity contribution >= 4 is 11.9 Å². The second kappa shape index (κ2) is 12.4. The highest BCUT2D eigenvalue weighted by atomic mass is 19.1. The number of rotatable bonds is 11. The van der Waals surface area contributed by atoms with Gasteiger partial charge in [-0.3, -0.25) is 9.79 Å². The van der Waals surface area contributed by atoms with Crippen LogP contribution in [0.2, 0.25) is 0 Å². The molecule has 31 heavy (non-hydrogen) atoms. The number of hydrogen-bond donors (Lipinski definition) is 3. The molecule has 0 aliphatic heterocycles. The van der Waals surface area contributed by atoms with E-state index in [-0.39, 0.29) is 18.5 Å². The molecule has 0 spiro atoms. The number of amides is 1. The van der Waals surface area contributed by atoms with Crippen LogP contribution in [0.3, 0.4) is 0 Å². The Labute approximate surface area is 182 Å². The molecule has 4 N–H and O–H groups in total. The summed E-state index contributed by atoms with van der Waals surface area (Å²) in [6, 6.07) is 13.5. The van der Waals surface area contributed by atoms with Gasteiger partial charge in [-0.2, -0.15) is 0 Å². The zero-order valence-electron chi connectivity index (χ0n) is 18.2. The predicted molar refractivity (Wildman–Crippen MR) is 120 cm³/mol. The number of halogens is 1. The minimum Gasteiger partial charge on any atom is -0.493 e. The summed E-state index contributed by atoms with van der Waals surface area (Å²) in [5, 5.41) is 6.36. The summed E-state index contributed by atoms with van der Waals surface area (Å²) in [6.45, 7) is 5.25. The lowest BCUT2D eigenvalue weighted by Crippen LogP contribution is -2.42. The first-order chi connectivity index (χ1) is 14.9. The van der Waals surface area contributed by atoms with Gasteiger partial charge in [0.25, 0.3) is 0 Å². The summed E-state index contributed by atoms with van der Waals surface area (Å²) < 4.78 is 24.4. The molecule has 0 saturated heterocycles. The number of aliphatic imine (C=N–C) groups is 1. The summed E-state index contributed by atoms with van der Waals surface area (Å²) in [7, 11) is 1.60. The molecule has 8 heteroatoms. The largest absolute Gasteiger partial charge is 0.493 e. The highest BCUT2D eigenvalue weighted by Crippen LogP contribution is 2.26. The SMILES string of the molecule is CCNC(=NCC(Cc1ccc(F)cc1)C(N)=O)NCC(C)Oc1ccccc1OC. The van der Waals surface area contributed by atoms with Gasteiger partial charge in [0.05, 0.1) is 26.1 Å². The maximum absolute atomic E-state index is 13.1. The van der Waals surface area contributed by atoms with Gasteiger partial charge < -0.3 is 25.8 Å². The van der Waals surface area contributed by atoms with Crippen molar-refractivity contribution in [3.8, 4) is 11.5 Å². The van der Waals surface area contributed by atoms with Gasteiger partial charge in [0.1, 0.15) is 11.9 Å². The number of primary amides is 1. The van der Waals surface area contributed by atoms with Crippen LogP contribution in [0.5, 0.6) is 11.5 Å². The van der Waals surface area contributed by atoms with E-state index < -0.39 is 11.8 Å². The molecular weight excluding hydrogens is 399 g/mol. The first-order valence-electron chi connectivity index (χ1n) is 10.3. The minimum absolute atomic E-state index is 0.161. The fourth-order valence-corrected chi connectivity index (χ4v) is 2.92. The van der Waals surface area contributed by atoms with Gasteiger partial charge in [0, 0.05) is 6.54 Å². The molecule has 0 radical (unpaired) electrons. The van der Waals surface area contributed by atoms with Gasteiger partial charge in [-0.1, -0.05) is 24.3 Å². The molecule has 0 aliphatic carbocycles. The number of guanidine groups is 1. The number of benzene rings is 2. The van der Waals surface area contributed by atoms with Crippen molar-refractivity contribution in [3.05, 3.63) is 59.9 Å². The smallest absolute Gasteiger partial charge is 0.222 e. The Kier molecular flexibility index (Phi) is 9.61. The number of nitrogens with zero attached hydrogens (tertiary/aromatic N) is 1. The Morgan fingerprint density at radius 3 is 2.42 bits per heavy atom. The summed E-state index contributed by atoms with van der Waals surface area (Å²) in [4.78, 5) is 16.4. The van der Waals surface area contributed by atoms with Crippen LogP contribution in [0.15, 0.2) is 53.5 Å². The zero-order valence-corrected chi connectivity index (χ0v) is 18.2. The Hall–Kier alpha value is -3.29. The summed E-state index contributed by atoms with van der Waals surface area (Å²) in [5.41, 5.74) is 6.39. The monoisotopic (exact) mass is 430 g/mol. The van der Waals surface area contributed by atoms with E-state index in [1.54, 1.807) is 19.2 Å². The van der Waals surface area contributed by atoms with E-state index in [2.05, 4.69) is 15.6 Å². The molecule has 1 amide bonds. The summed E-state index contributed by atoms with van der Waals surface area (Å²) in [5.74, 6) is 0.623. The van der Waals surface area contributed by atoms with Crippen LogP contribution in [0.25, 0.3) is 0 Å². The molecule has 0 saturated carbocycles. The van der Waals surface area contributed by atoms with Crippen LogP contribution in [-0.4, -0.2) is 44.7 Å². The Bertz CT molecular complexity index is 858. The normalized spacial score (nSPS) is 13.2. The van der Waals surface area contributed by atoms with Crippen LogP contribution < -0.4 is 25.8 Å². The average Bonchev–Trinajstić information content (AvgIpc) is 2.76. The minimum atomic E-state index is -0.497. The molecule has 2 aromatic carbocycles. The van der Waals surface area contributed by atoms with Crippen molar-refractivity contribution in [1.29, 1.82) is 0 Å². The van der Waals surface area contributed by atoms with Crippen LogP contribution in [0.1, 0.15) is 19.4 Å². The highest BCUT2D eigenvalue weighted by Gasteiger charge is 2.16. The van der Waals surface area contributed by atoms with E-state index in [0.717, 1.165) is 5.56 Å². The van der Waals surface area contributed by atoms with Crippen LogP contribution >= 0.6 is 0 Å². The van der Waals surface area contributed by atoms with Crippen molar-refractivity contribution in [2.45, 2.75) is 26.4 Å². The lowest BCUT2D eigenvalue weighted by atomic mass is 9.99. The number of ether oxygens (including phenoxy) is 2. The van der Waals surface area contributed by atoms with Gasteiger partial charge in [-0.15, -0.1) is 0 Å². The summed E-state index contributed by atoms with van der Waals surface area (Å²) >= 11 is 0. The zero-order chi connectivity index (χ0) is 22.6. The third-order valence-corrected chi connectivity index (χ3v) is 4.57. The van der Waals surface area contributed by atoms with Crippen molar-refractivity contribution in [1.82, 2.24) is 10.6 Å². The number of para-hydroxylation sites is 2. The van der Waals surface area contributed by atoms with Gasteiger partial charge in [-0.25, -0.2) is 4.39 Å². The van der Waals surface area contributed by atoms with E-state index in [0.29, 0.717) is 37.0 Å². The predicted octanol–water partition coefficient (Wildman–Crippen LogP) is 2.50. The van der Waals surface area contributed by atoms with Crippen LogP contribution in [-0.2, 0) is 11.2 Å². The highest BCUT2D eigenvalue weighted by molar-refractivity contribution is 5.81. The third-order valence-electron chi connectivity index (χ3n) is 4.57. The van der Waals surface area contributed by atoms with Crippen molar-refractivity contribution in [2.24, 2.45) is 16.6 Å². The average molecular weight is 431 g/mol. The lowest BCUT2D eigenvalue weighted by molar-refractivity contribution is -0.121. The quantitative estimate of drug-likeness (QED) is 0.376. The fraction of sp³-hybridized carbons (Fsp3) is 0.391. The number of hydrogen-bond acceptors (Lipinski definition) is 4. The van der Waals surface area contributed by atoms with E-state index in [1.807, 2.05) is 38.1 Å². The number of carbonyl (C=O) groups is 1. The Balaban J connectivity index is 1.95. The molecular formula is C23H31FN4O3. The first-order valence-corrected chi connectivity index (χ1v) is 10.3. The molecule has 168 valence electrons. The van der Waals surface area contributed by atoms with E-state index in [1.165, 1.54) is 12.1 Å². The van der Waals surface area contributed by atoms with Crippen LogP contribution in [0.4, 0.5) is 4.39 Å². The number of nitrogens with one attached hydrogen (secondary N) is 2. The second-order valence-corrected chi connectivity index (χ2v) is 7.11. The fourth-order valence-electron chi connectivity index (χ4n) is 2.92. The molecule has 2 unspecified atom stereocenters. The van der Waals surface area contributed by atoms with E-state index >= 15 is 0 Å². The van der Waals surface area contributed by atoms with Gasteiger partial charge in [-0.05, 0) is 50.1 Å². The molecule has 0 fully saturated rings. The van der Waals surface area contributed by atoms with Crippen molar-refractivity contribution in [2.75, 3.05) is 26.7 Å². The molecule has 0 aromatic heterocycles. The number of nitrogens with two attached hydrogens (primary N) is 1. The molecule has 7 nitrogen and oxygen atoms in total. The second-order valence-electron chi connectivity index (χ2n) is 7.11. The number of carbonyl (C=O) groups excluding carboxylic acids is 1. The maximum Gasteiger partial charge on any atom is 0.222 e. The Morgan fingerprint density at radius 2 is 1.81 bits per heavy atom. The van der Waals surface area contributed by atoms with Crippen LogP contribution in [0, 0.1) is 11.7 Å². The topological polar surface area (TPSA) is 98.0 Å².